The van der Waals surface area contributed by atoms with Gasteiger partial charge in [0, 0.05) is 30.2 Å². The molecule has 27 heavy (non-hydrogen) atoms. The van der Waals surface area contributed by atoms with Gasteiger partial charge in [-0.2, -0.15) is 0 Å². The van der Waals surface area contributed by atoms with E-state index in [1.54, 1.807) is 7.11 Å². The molecule has 2 aromatic rings. The molecule has 144 valence electrons. The van der Waals surface area contributed by atoms with Crippen molar-refractivity contribution in [3.63, 3.8) is 0 Å². The van der Waals surface area contributed by atoms with Crippen molar-refractivity contribution in [2.75, 3.05) is 35.7 Å². The number of piperidine rings is 1. The van der Waals surface area contributed by atoms with Gasteiger partial charge in [-0.05, 0) is 74.2 Å². The number of hydrogen-bond acceptors (Lipinski definition) is 4. The van der Waals surface area contributed by atoms with Crippen molar-refractivity contribution >= 4 is 23.0 Å². The lowest BCUT2D eigenvalue weighted by Gasteiger charge is -2.32. The average Bonchev–Trinajstić information content (AvgIpc) is 2.70. The van der Waals surface area contributed by atoms with E-state index in [9.17, 15) is 4.79 Å². The van der Waals surface area contributed by atoms with Crippen molar-refractivity contribution in [1.29, 1.82) is 0 Å². The molecule has 1 aliphatic heterocycles. The molecule has 0 spiro atoms. The van der Waals surface area contributed by atoms with Crippen LogP contribution >= 0.6 is 0 Å². The summed E-state index contributed by atoms with van der Waals surface area (Å²) in [7, 11) is 1.62. The van der Waals surface area contributed by atoms with E-state index in [0.29, 0.717) is 0 Å². The number of ether oxygens (including phenoxy) is 1. The fraction of sp³-hybridized carbons (Fsp3) is 0.409. The Kier molecular flexibility index (Phi) is 6.22. The van der Waals surface area contributed by atoms with E-state index in [2.05, 4.69) is 34.6 Å². The summed E-state index contributed by atoms with van der Waals surface area (Å²) in [5.74, 6) is 1.52. The van der Waals surface area contributed by atoms with E-state index in [1.165, 1.54) is 18.5 Å². The van der Waals surface area contributed by atoms with E-state index in [1.807, 2.05) is 43.3 Å². The second-order valence-electron chi connectivity index (χ2n) is 7.30. The van der Waals surface area contributed by atoms with Crippen LogP contribution in [0.1, 0.15) is 26.7 Å². The van der Waals surface area contributed by atoms with Crippen molar-refractivity contribution in [2.45, 2.75) is 32.7 Å². The zero-order valence-electron chi connectivity index (χ0n) is 16.4. The molecule has 1 atom stereocenters. The average molecular weight is 367 g/mol. The van der Waals surface area contributed by atoms with E-state index in [-0.39, 0.29) is 11.9 Å². The Labute approximate surface area is 161 Å². The third kappa shape index (κ3) is 5.16. The van der Waals surface area contributed by atoms with Gasteiger partial charge in [0.15, 0.2) is 0 Å². The molecule has 0 saturated carbocycles. The third-order valence-electron chi connectivity index (χ3n) is 5.15. The summed E-state index contributed by atoms with van der Waals surface area (Å²) in [5.41, 5.74) is 2.95. The van der Waals surface area contributed by atoms with E-state index < -0.39 is 0 Å². The molecule has 5 heteroatoms. The van der Waals surface area contributed by atoms with Crippen molar-refractivity contribution in [3.05, 3.63) is 48.5 Å². The van der Waals surface area contributed by atoms with Crippen LogP contribution in [0.4, 0.5) is 17.1 Å². The molecule has 1 fully saturated rings. The minimum Gasteiger partial charge on any atom is -0.497 e. The van der Waals surface area contributed by atoms with Gasteiger partial charge in [0.05, 0.1) is 7.11 Å². The van der Waals surface area contributed by atoms with Gasteiger partial charge < -0.3 is 20.3 Å². The number of carbonyl (C=O) groups excluding carboxylic acids is 1. The highest BCUT2D eigenvalue weighted by Crippen LogP contribution is 2.24. The number of amides is 1. The van der Waals surface area contributed by atoms with E-state index in [0.717, 1.165) is 36.1 Å². The van der Waals surface area contributed by atoms with Crippen molar-refractivity contribution < 1.29 is 9.53 Å². The van der Waals surface area contributed by atoms with Gasteiger partial charge in [-0.1, -0.05) is 6.92 Å². The summed E-state index contributed by atoms with van der Waals surface area (Å²) in [6, 6.07) is 15.3. The molecule has 0 bridgehead atoms. The number of rotatable bonds is 6. The van der Waals surface area contributed by atoms with Crippen molar-refractivity contribution in [1.82, 2.24) is 0 Å². The van der Waals surface area contributed by atoms with Crippen molar-refractivity contribution in [3.8, 4) is 5.75 Å². The molecule has 3 rings (SSSR count). The maximum atomic E-state index is 12.4. The van der Waals surface area contributed by atoms with Gasteiger partial charge in [0.1, 0.15) is 11.8 Å². The summed E-state index contributed by atoms with van der Waals surface area (Å²) in [4.78, 5) is 14.8. The van der Waals surface area contributed by atoms with Crippen molar-refractivity contribution in [2.24, 2.45) is 5.92 Å². The molecule has 0 unspecified atom stereocenters. The highest BCUT2D eigenvalue weighted by Gasteiger charge is 2.16. The number of anilines is 3. The molecule has 0 aromatic heterocycles. The minimum atomic E-state index is -0.339. The zero-order valence-corrected chi connectivity index (χ0v) is 16.4. The number of carbonyl (C=O) groups is 1. The first-order valence-corrected chi connectivity index (χ1v) is 9.61. The quantitative estimate of drug-likeness (QED) is 0.796. The molecule has 1 aliphatic rings. The van der Waals surface area contributed by atoms with Crippen LogP contribution in [-0.4, -0.2) is 32.1 Å². The van der Waals surface area contributed by atoms with E-state index >= 15 is 0 Å². The van der Waals surface area contributed by atoms with Gasteiger partial charge in [-0.25, -0.2) is 0 Å². The lowest BCUT2D eigenvalue weighted by atomic mass is 9.99. The maximum Gasteiger partial charge on any atom is 0.246 e. The summed E-state index contributed by atoms with van der Waals surface area (Å²) in [5, 5.41) is 6.18. The Balaban J connectivity index is 1.53. The van der Waals surface area contributed by atoms with Crippen LogP contribution in [0.15, 0.2) is 48.5 Å². The number of nitrogens with one attached hydrogen (secondary N) is 2. The van der Waals surface area contributed by atoms with Crippen LogP contribution in [0.2, 0.25) is 0 Å². The second kappa shape index (κ2) is 8.80. The number of benzene rings is 2. The number of hydrogen-bond donors (Lipinski definition) is 2. The van der Waals surface area contributed by atoms with Gasteiger partial charge in [0.2, 0.25) is 5.91 Å². The fourth-order valence-electron chi connectivity index (χ4n) is 3.28. The Morgan fingerprint density at radius 3 is 2.22 bits per heavy atom. The molecule has 2 N–H and O–H groups in total. The zero-order chi connectivity index (χ0) is 19.2. The third-order valence-corrected chi connectivity index (χ3v) is 5.15. The highest BCUT2D eigenvalue weighted by atomic mass is 16.5. The van der Waals surface area contributed by atoms with Crippen LogP contribution < -0.4 is 20.3 Å². The molecule has 2 aromatic carbocycles. The summed E-state index contributed by atoms with van der Waals surface area (Å²) in [6.45, 7) is 6.42. The largest absolute Gasteiger partial charge is 0.497 e. The lowest BCUT2D eigenvalue weighted by Crippen LogP contribution is -2.33. The monoisotopic (exact) mass is 367 g/mol. The molecule has 1 heterocycles. The predicted molar refractivity (Wildman–Crippen MR) is 112 cm³/mol. The molecule has 0 radical (unpaired) electrons. The second-order valence-corrected chi connectivity index (χ2v) is 7.30. The van der Waals surface area contributed by atoms with E-state index in [4.69, 9.17) is 4.74 Å². The molecule has 5 nitrogen and oxygen atoms in total. The molecule has 1 amide bonds. The molecular weight excluding hydrogens is 338 g/mol. The smallest absolute Gasteiger partial charge is 0.246 e. The summed E-state index contributed by atoms with van der Waals surface area (Å²) < 4.78 is 5.13. The first kappa shape index (κ1) is 19.1. The minimum absolute atomic E-state index is 0.0748. The predicted octanol–water partition coefficient (Wildman–Crippen LogP) is 4.37. The van der Waals surface area contributed by atoms with Crippen LogP contribution in [0, 0.1) is 5.92 Å². The number of methoxy groups -OCH3 is 1. The molecular formula is C22H29N3O2. The van der Waals surface area contributed by atoms with Crippen LogP contribution in [-0.2, 0) is 4.79 Å². The first-order chi connectivity index (χ1) is 13.0. The van der Waals surface area contributed by atoms with Gasteiger partial charge in [-0.3, -0.25) is 4.79 Å². The molecule has 0 aliphatic carbocycles. The number of nitrogens with zero attached hydrogens (tertiary/aromatic N) is 1. The SMILES string of the molecule is COc1ccc(NC(=O)[C@H](C)Nc2ccc(N3CCC(C)CC3)cc2)cc1. The van der Waals surface area contributed by atoms with Crippen LogP contribution in [0.5, 0.6) is 5.75 Å². The van der Waals surface area contributed by atoms with Gasteiger partial charge >= 0.3 is 0 Å². The first-order valence-electron chi connectivity index (χ1n) is 9.61. The van der Waals surface area contributed by atoms with Gasteiger partial charge in [0.25, 0.3) is 0 Å². The Bertz CT molecular complexity index is 735. The Morgan fingerprint density at radius 1 is 1.04 bits per heavy atom. The summed E-state index contributed by atoms with van der Waals surface area (Å²) >= 11 is 0. The molecule has 1 saturated heterocycles. The summed E-state index contributed by atoms with van der Waals surface area (Å²) in [6.07, 6.45) is 2.51. The maximum absolute atomic E-state index is 12.4. The van der Waals surface area contributed by atoms with Crippen LogP contribution in [0.3, 0.4) is 0 Å². The lowest BCUT2D eigenvalue weighted by molar-refractivity contribution is -0.116. The van der Waals surface area contributed by atoms with Crippen LogP contribution in [0.25, 0.3) is 0 Å². The van der Waals surface area contributed by atoms with Gasteiger partial charge in [-0.15, -0.1) is 0 Å². The standard InChI is InChI=1S/C22H29N3O2/c1-16-12-14-25(15-13-16)20-8-4-18(5-9-20)23-17(2)22(26)24-19-6-10-21(27-3)11-7-19/h4-11,16-17,23H,12-15H2,1-3H3,(H,24,26)/t17-/m0/s1. The topological polar surface area (TPSA) is 53.6 Å². The normalized spacial score (nSPS) is 15.9. The highest BCUT2D eigenvalue weighted by molar-refractivity contribution is 5.96. The fourth-order valence-corrected chi connectivity index (χ4v) is 3.28. The Morgan fingerprint density at radius 2 is 1.63 bits per heavy atom. The Hall–Kier alpha value is -2.69.